The van der Waals surface area contributed by atoms with Gasteiger partial charge in [-0.3, -0.25) is 4.79 Å². The fourth-order valence-electron chi connectivity index (χ4n) is 4.05. The average molecular weight is 535 g/mol. The third kappa shape index (κ3) is 7.94. The molecule has 4 nitrogen and oxygen atoms in total. The average Bonchev–Trinajstić information content (AvgIpc) is 3.58. The van der Waals surface area contributed by atoms with Crippen molar-refractivity contribution in [3.05, 3.63) is 72.8 Å². The van der Waals surface area contributed by atoms with Gasteiger partial charge in [0.15, 0.2) is 0 Å². The summed E-state index contributed by atoms with van der Waals surface area (Å²) in [6.45, 7) is 4.78. The molecule has 1 atom stereocenters. The van der Waals surface area contributed by atoms with Crippen molar-refractivity contribution in [2.45, 2.75) is 58.5 Å². The zero-order chi connectivity index (χ0) is 26.0. The van der Waals surface area contributed by atoms with Crippen molar-refractivity contribution in [3.8, 4) is 42.1 Å². The van der Waals surface area contributed by atoms with Gasteiger partial charge in [-0.25, -0.2) is 0 Å². The summed E-state index contributed by atoms with van der Waals surface area (Å²) >= 11 is 3.58. The number of benzene rings is 2. The standard InChI is InChI=1S/C31H34O4S2/c1-3-4-5-7-22(2)35-26-15-11-24(12-16-26)28-18-20-30(37-28)29-19-17-27(36-29)23-9-13-25(14-10-23)34-21-6-8-31(32)33/h9-20,22H,3-8,21H2,1-2H3,(H,32,33). The molecule has 37 heavy (non-hydrogen) atoms. The number of ether oxygens (including phenoxy) is 2. The van der Waals surface area contributed by atoms with Crippen molar-refractivity contribution in [2.24, 2.45) is 0 Å². The maximum absolute atomic E-state index is 10.6. The van der Waals surface area contributed by atoms with Crippen LogP contribution in [0.2, 0.25) is 0 Å². The van der Waals surface area contributed by atoms with E-state index >= 15 is 0 Å². The number of unbranched alkanes of at least 4 members (excludes halogenated alkanes) is 2. The van der Waals surface area contributed by atoms with Gasteiger partial charge in [-0.2, -0.15) is 0 Å². The molecular weight excluding hydrogens is 500 g/mol. The van der Waals surface area contributed by atoms with Crippen molar-refractivity contribution < 1.29 is 19.4 Å². The zero-order valence-electron chi connectivity index (χ0n) is 21.4. The highest BCUT2D eigenvalue weighted by Crippen LogP contribution is 2.40. The molecule has 2 aromatic heterocycles. The van der Waals surface area contributed by atoms with Crippen molar-refractivity contribution >= 4 is 28.6 Å². The maximum Gasteiger partial charge on any atom is 0.303 e. The van der Waals surface area contributed by atoms with E-state index in [-0.39, 0.29) is 12.5 Å². The molecule has 2 aromatic carbocycles. The van der Waals surface area contributed by atoms with E-state index in [1.165, 1.54) is 44.3 Å². The highest BCUT2D eigenvalue weighted by Gasteiger charge is 2.10. The molecule has 0 fully saturated rings. The largest absolute Gasteiger partial charge is 0.494 e. The molecule has 4 rings (SSSR count). The number of hydrogen-bond acceptors (Lipinski definition) is 5. The van der Waals surface area contributed by atoms with E-state index in [0.717, 1.165) is 23.5 Å². The first-order valence-electron chi connectivity index (χ1n) is 12.9. The summed E-state index contributed by atoms with van der Waals surface area (Å²) < 4.78 is 11.7. The molecule has 0 spiro atoms. The first kappa shape index (κ1) is 27.0. The third-order valence-electron chi connectivity index (χ3n) is 6.09. The Morgan fingerprint density at radius 2 is 1.30 bits per heavy atom. The molecule has 194 valence electrons. The molecule has 1 unspecified atom stereocenters. The Morgan fingerprint density at radius 3 is 1.84 bits per heavy atom. The lowest BCUT2D eigenvalue weighted by Gasteiger charge is -2.14. The monoisotopic (exact) mass is 534 g/mol. The van der Waals surface area contributed by atoms with Crippen molar-refractivity contribution in [1.29, 1.82) is 0 Å². The minimum Gasteiger partial charge on any atom is -0.494 e. The van der Waals surface area contributed by atoms with Crippen molar-refractivity contribution in [1.82, 2.24) is 0 Å². The summed E-state index contributed by atoms with van der Waals surface area (Å²) in [5.74, 6) is 0.899. The summed E-state index contributed by atoms with van der Waals surface area (Å²) in [6.07, 6.45) is 5.68. The second-order valence-electron chi connectivity index (χ2n) is 9.15. The topological polar surface area (TPSA) is 55.8 Å². The van der Waals surface area contributed by atoms with E-state index < -0.39 is 5.97 Å². The summed E-state index contributed by atoms with van der Waals surface area (Å²) in [5, 5.41) is 8.72. The SMILES string of the molecule is CCCCCC(C)Oc1ccc(-c2ccc(-c3ccc(-c4ccc(OCCCC(=O)O)cc4)s3)s2)cc1. The van der Waals surface area contributed by atoms with Crippen LogP contribution in [0.5, 0.6) is 11.5 Å². The highest BCUT2D eigenvalue weighted by molar-refractivity contribution is 7.25. The summed E-state index contributed by atoms with van der Waals surface area (Å²) in [7, 11) is 0. The van der Waals surface area contributed by atoms with Gasteiger partial charge in [-0.15, -0.1) is 22.7 Å². The number of hydrogen-bond donors (Lipinski definition) is 1. The zero-order valence-corrected chi connectivity index (χ0v) is 23.1. The number of carboxylic acids is 1. The van der Waals surface area contributed by atoms with Gasteiger partial charge in [0.1, 0.15) is 11.5 Å². The predicted molar refractivity (Wildman–Crippen MR) is 155 cm³/mol. The normalized spacial score (nSPS) is 11.8. The minimum atomic E-state index is -0.795. The lowest BCUT2D eigenvalue weighted by molar-refractivity contribution is -0.137. The molecule has 0 amide bonds. The molecule has 0 aliphatic carbocycles. The number of aliphatic carboxylic acids is 1. The number of rotatable bonds is 14. The summed E-state index contributed by atoms with van der Waals surface area (Å²) in [4.78, 5) is 15.6. The highest BCUT2D eigenvalue weighted by atomic mass is 32.1. The van der Waals surface area contributed by atoms with Crippen LogP contribution in [0.1, 0.15) is 52.4 Å². The van der Waals surface area contributed by atoms with Crippen LogP contribution in [0.25, 0.3) is 30.6 Å². The van der Waals surface area contributed by atoms with Gasteiger partial charge in [0, 0.05) is 25.9 Å². The number of carboxylic acid groups (broad SMARTS) is 1. The van der Waals surface area contributed by atoms with E-state index in [1.54, 1.807) is 22.7 Å². The first-order chi connectivity index (χ1) is 18.0. The molecule has 0 saturated heterocycles. The van der Waals surface area contributed by atoms with Crippen LogP contribution in [0.3, 0.4) is 0 Å². The van der Waals surface area contributed by atoms with E-state index in [4.69, 9.17) is 14.6 Å². The van der Waals surface area contributed by atoms with Gasteiger partial charge in [-0.05, 0) is 110 Å². The minimum absolute atomic E-state index is 0.124. The van der Waals surface area contributed by atoms with Gasteiger partial charge in [0.05, 0.1) is 12.7 Å². The Labute approximate surface area is 227 Å². The van der Waals surface area contributed by atoms with Crippen LogP contribution in [-0.2, 0) is 4.79 Å². The Kier molecular flexibility index (Phi) is 9.80. The van der Waals surface area contributed by atoms with Crippen molar-refractivity contribution in [3.63, 3.8) is 0 Å². The fourth-order valence-corrected chi connectivity index (χ4v) is 6.16. The van der Waals surface area contributed by atoms with Crippen LogP contribution in [-0.4, -0.2) is 23.8 Å². The van der Waals surface area contributed by atoms with E-state index in [2.05, 4.69) is 74.5 Å². The number of carbonyl (C=O) groups is 1. The summed E-state index contributed by atoms with van der Waals surface area (Å²) in [5.41, 5.74) is 2.35. The molecule has 0 bridgehead atoms. The molecule has 0 aliphatic heterocycles. The van der Waals surface area contributed by atoms with Gasteiger partial charge in [-0.1, -0.05) is 19.8 Å². The first-order valence-corrected chi connectivity index (χ1v) is 14.6. The smallest absolute Gasteiger partial charge is 0.303 e. The Bertz CT molecular complexity index is 1260. The summed E-state index contributed by atoms with van der Waals surface area (Å²) in [6, 6.07) is 25.2. The molecule has 0 aliphatic rings. The second-order valence-corrected chi connectivity index (χ2v) is 11.3. The molecule has 0 saturated carbocycles. The van der Waals surface area contributed by atoms with E-state index in [0.29, 0.717) is 13.0 Å². The van der Waals surface area contributed by atoms with Gasteiger partial charge < -0.3 is 14.6 Å². The van der Waals surface area contributed by atoms with Crippen LogP contribution in [0, 0.1) is 0 Å². The van der Waals surface area contributed by atoms with Crippen LogP contribution >= 0.6 is 22.7 Å². The van der Waals surface area contributed by atoms with Gasteiger partial charge in [0.2, 0.25) is 0 Å². The van der Waals surface area contributed by atoms with Crippen LogP contribution in [0.15, 0.2) is 72.8 Å². The van der Waals surface area contributed by atoms with E-state index in [1.807, 2.05) is 12.1 Å². The molecular formula is C31H34O4S2. The van der Waals surface area contributed by atoms with E-state index in [9.17, 15) is 4.79 Å². The Balaban J connectivity index is 1.34. The lowest BCUT2D eigenvalue weighted by atomic mass is 10.1. The Hall–Kier alpha value is -3.09. The maximum atomic E-state index is 10.6. The molecule has 1 N–H and O–H groups in total. The van der Waals surface area contributed by atoms with Gasteiger partial charge >= 0.3 is 5.97 Å². The fraction of sp³-hybridized carbons (Fsp3) is 0.323. The second kappa shape index (κ2) is 13.5. The Morgan fingerprint density at radius 1 is 0.757 bits per heavy atom. The molecule has 6 heteroatoms. The molecule has 2 heterocycles. The number of thiophene rings is 2. The third-order valence-corrected chi connectivity index (χ3v) is 8.55. The lowest BCUT2D eigenvalue weighted by Crippen LogP contribution is -2.11. The molecule has 0 radical (unpaired) electrons. The predicted octanol–water partition coefficient (Wildman–Crippen LogP) is 9.40. The molecule has 4 aromatic rings. The van der Waals surface area contributed by atoms with Crippen LogP contribution < -0.4 is 9.47 Å². The quantitative estimate of drug-likeness (QED) is 0.164. The van der Waals surface area contributed by atoms with Crippen molar-refractivity contribution in [2.75, 3.05) is 6.61 Å². The van der Waals surface area contributed by atoms with Gasteiger partial charge in [0.25, 0.3) is 0 Å². The van der Waals surface area contributed by atoms with Crippen LogP contribution in [0.4, 0.5) is 0 Å².